The molecule has 0 unspecified atom stereocenters. The predicted molar refractivity (Wildman–Crippen MR) is 66.4 cm³/mol. The number of carboxylic acids is 1. The number of benzene rings is 1. The van der Waals surface area contributed by atoms with Crippen molar-refractivity contribution in [2.24, 2.45) is 0 Å². The lowest BCUT2D eigenvalue weighted by Gasteiger charge is -2.17. The summed E-state index contributed by atoms with van der Waals surface area (Å²) in [5.41, 5.74) is 3.01. The van der Waals surface area contributed by atoms with Crippen LogP contribution in [0, 0.1) is 0 Å². The number of amides is 1. The van der Waals surface area contributed by atoms with E-state index in [2.05, 4.69) is 10.6 Å². The Labute approximate surface area is 105 Å². The Morgan fingerprint density at radius 3 is 2.94 bits per heavy atom. The minimum atomic E-state index is -0.912. The van der Waals surface area contributed by atoms with Crippen molar-refractivity contribution < 1.29 is 14.7 Å². The molecule has 0 aromatic heterocycles. The quantitative estimate of drug-likeness (QED) is 0.726. The highest BCUT2D eigenvalue weighted by Crippen LogP contribution is 2.15. The topological polar surface area (TPSA) is 78.4 Å². The molecule has 0 saturated carbocycles. The van der Waals surface area contributed by atoms with E-state index in [0.29, 0.717) is 5.56 Å². The lowest BCUT2D eigenvalue weighted by molar-refractivity contribution is -0.136. The van der Waals surface area contributed by atoms with Crippen LogP contribution in [0.2, 0.25) is 0 Å². The van der Waals surface area contributed by atoms with Crippen molar-refractivity contribution in [1.82, 2.24) is 10.6 Å². The van der Waals surface area contributed by atoms with Gasteiger partial charge in [-0.15, -0.1) is 0 Å². The zero-order chi connectivity index (χ0) is 13.0. The molecule has 0 bridgehead atoms. The molecule has 2 rings (SSSR count). The van der Waals surface area contributed by atoms with Crippen LogP contribution in [0.3, 0.4) is 0 Å². The third kappa shape index (κ3) is 3.07. The van der Waals surface area contributed by atoms with Crippen LogP contribution < -0.4 is 10.6 Å². The molecule has 5 heteroatoms. The van der Waals surface area contributed by atoms with Gasteiger partial charge in [-0.2, -0.15) is 0 Å². The van der Waals surface area contributed by atoms with Crippen molar-refractivity contribution >= 4 is 11.9 Å². The SMILES string of the molecule is O=C(O)CCNC(=O)c1ccc2c(c1)CNCC2. The van der Waals surface area contributed by atoms with Crippen LogP contribution in [0.4, 0.5) is 0 Å². The highest BCUT2D eigenvalue weighted by atomic mass is 16.4. The average Bonchev–Trinajstić information content (AvgIpc) is 2.37. The van der Waals surface area contributed by atoms with Gasteiger partial charge in [0.1, 0.15) is 0 Å². The van der Waals surface area contributed by atoms with Crippen molar-refractivity contribution in [1.29, 1.82) is 0 Å². The lowest BCUT2D eigenvalue weighted by atomic mass is 9.98. The molecule has 1 aromatic rings. The van der Waals surface area contributed by atoms with E-state index in [4.69, 9.17) is 5.11 Å². The summed E-state index contributed by atoms with van der Waals surface area (Å²) in [6.45, 7) is 1.91. The molecule has 0 atom stereocenters. The summed E-state index contributed by atoms with van der Waals surface area (Å²) in [6.07, 6.45) is 0.925. The van der Waals surface area contributed by atoms with Gasteiger partial charge in [-0.25, -0.2) is 0 Å². The molecule has 0 radical (unpaired) electrons. The van der Waals surface area contributed by atoms with Gasteiger partial charge >= 0.3 is 5.97 Å². The van der Waals surface area contributed by atoms with Gasteiger partial charge in [0.25, 0.3) is 5.91 Å². The minimum absolute atomic E-state index is 0.0573. The fourth-order valence-corrected chi connectivity index (χ4v) is 2.01. The van der Waals surface area contributed by atoms with Crippen molar-refractivity contribution in [3.05, 3.63) is 34.9 Å². The number of hydrogen-bond donors (Lipinski definition) is 3. The van der Waals surface area contributed by atoms with Crippen LogP contribution in [-0.4, -0.2) is 30.1 Å². The maximum Gasteiger partial charge on any atom is 0.305 e. The van der Waals surface area contributed by atoms with Crippen molar-refractivity contribution in [2.75, 3.05) is 13.1 Å². The van der Waals surface area contributed by atoms with E-state index in [-0.39, 0.29) is 18.9 Å². The van der Waals surface area contributed by atoms with E-state index in [1.54, 1.807) is 6.07 Å². The lowest BCUT2D eigenvalue weighted by Crippen LogP contribution is -2.27. The number of carbonyl (C=O) groups excluding carboxylic acids is 1. The van der Waals surface area contributed by atoms with E-state index in [9.17, 15) is 9.59 Å². The Morgan fingerprint density at radius 2 is 2.17 bits per heavy atom. The number of carboxylic acid groups (broad SMARTS) is 1. The predicted octanol–water partition coefficient (Wildman–Crippen LogP) is 0.537. The van der Waals surface area contributed by atoms with Gasteiger partial charge in [0.15, 0.2) is 0 Å². The van der Waals surface area contributed by atoms with E-state index in [1.807, 2.05) is 12.1 Å². The molecule has 0 aliphatic carbocycles. The Hall–Kier alpha value is -1.88. The zero-order valence-electron chi connectivity index (χ0n) is 10.0. The molecule has 96 valence electrons. The van der Waals surface area contributed by atoms with E-state index in [0.717, 1.165) is 25.1 Å². The first-order valence-corrected chi connectivity index (χ1v) is 5.99. The molecule has 1 aromatic carbocycles. The number of nitrogens with one attached hydrogen (secondary N) is 2. The number of carbonyl (C=O) groups is 2. The summed E-state index contributed by atoms with van der Waals surface area (Å²) in [7, 11) is 0. The maximum absolute atomic E-state index is 11.8. The van der Waals surface area contributed by atoms with Crippen LogP contribution >= 0.6 is 0 Å². The molecule has 1 aliphatic rings. The highest BCUT2D eigenvalue weighted by molar-refractivity contribution is 5.94. The summed E-state index contributed by atoms with van der Waals surface area (Å²) in [5.74, 6) is -1.13. The van der Waals surface area contributed by atoms with Crippen LogP contribution in [0.5, 0.6) is 0 Å². The molecule has 18 heavy (non-hydrogen) atoms. The standard InChI is InChI=1S/C13H16N2O3/c16-12(17)4-6-15-13(18)10-2-1-9-3-5-14-8-11(9)7-10/h1-2,7,14H,3-6,8H2,(H,15,18)(H,16,17). The highest BCUT2D eigenvalue weighted by Gasteiger charge is 2.12. The number of hydrogen-bond acceptors (Lipinski definition) is 3. The second-order valence-electron chi connectivity index (χ2n) is 4.31. The average molecular weight is 248 g/mol. The Morgan fingerprint density at radius 1 is 1.33 bits per heavy atom. The number of fused-ring (bicyclic) bond motifs is 1. The zero-order valence-corrected chi connectivity index (χ0v) is 10.0. The molecule has 3 N–H and O–H groups in total. The second-order valence-corrected chi connectivity index (χ2v) is 4.31. The van der Waals surface area contributed by atoms with Crippen molar-refractivity contribution in [3.63, 3.8) is 0 Å². The largest absolute Gasteiger partial charge is 0.481 e. The number of rotatable bonds is 4. The smallest absolute Gasteiger partial charge is 0.305 e. The summed E-state index contributed by atoms with van der Waals surface area (Å²) in [6, 6.07) is 5.64. The first-order valence-electron chi connectivity index (χ1n) is 5.99. The summed E-state index contributed by atoms with van der Waals surface area (Å²) in [4.78, 5) is 22.1. The van der Waals surface area contributed by atoms with Crippen molar-refractivity contribution in [2.45, 2.75) is 19.4 Å². The van der Waals surface area contributed by atoms with Gasteiger partial charge in [0, 0.05) is 18.7 Å². The van der Waals surface area contributed by atoms with Gasteiger partial charge in [0.2, 0.25) is 0 Å². The van der Waals surface area contributed by atoms with E-state index >= 15 is 0 Å². The first-order chi connectivity index (χ1) is 8.66. The molecule has 1 aliphatic heterocycles. The van der Waals surface area contributed by atoms with Gasteiger partial charge in [-0.05, 0) is 36.2 Å². The van der Waals surface area contributed by atoms with Crippen LogP contribution in [0.1, 0.15) is 27.9 Å². The third-order valence-corrected chi connectivity index (χ3v) is 2.98. The second kappa shape index (κ2) is 5.64. The molecular formula is C13H16N2O3. The van der Waals surface area contributed by atoms with Gasteiger partial charge < -0.3 is 15.7 Å². The molecule has 0 saturated heterocycles. The van der Waals surface area contributed by atoms with Crippen molar-refractivity contribution in [3.8, 4) is 0 Å². The third-order valence-electron chi connectivity index (χ3n) is 2.98. The normalized spacial score (nSPS) is 13.8. The van der Waals surface area contributed by atoms with Gasteiger partial charge in [0.05, 0.1) is 6.42 Å². The summed E-state index contributed by atoms with van der Waals surface area (Å²) < 4.78 is 0. The summed E-state index contributed by atoms with van der Waals surface area (Å²) in [5, 5.41) is 14.3. The van der Waals surface area contributed by atoms with E-state index < -0.39 is 5.97 Å². The van der Waals surface area contributed by atoms with Gasteiger partial charge in [-0.1, -0.05) is 6.07 Å². The number of aliphatic carboxylic acids is 1. The fraction of sp³-hybridized carbons (Fsp3) is 0.385. The molecule has 1 heterocycles. The molecule has 5 nitrogen and oxygen atoms in total. The van der Waals surface area contributed by atoms with E-state index in [1.165, 1.54) is 5.56 Å². The molecule has 0 spiro atoms. The molecule has 0 fully saturated rings. The van der Waals surface area contributed by atoms with Crippen LogP contribution in [-0.2, 0) is 17.8 Å². The molecule has 1 amide bonds. The Kier molecular flexibility index (Phi) is 3.94. The fourth-order valence-electron chi connectivity index (χ4n) is 2.01. The molecular weight excluding hydrogens is 232 g/mol. The summed E-state index contributed by atoms with van der Waals surface area (Å²) >= 11 is 0. The Bertz CT molecular complexity index is 471. The minimum Gasteiger partial charge on any atom is -0.481 e. The van der Waals surface area contributed by atoms with Gasteiger partial charge in [-0.3, -0.25) is 9.59 Å². The van der Waals surface area contributed by atoms with Crippen LogP contribution in [0.15, 0.2) is 18.2 Å². The van der Waals surface area contributed by atoms with Crippen LogP contribution in [0.25, 0.3) is 0 Å². The first kappa shape index (κ1) is 12.6. The monoisotopic (exact) mass is 248 g/mol. The maximum atomic E-state index is 11.8. The Balaban J connectivity index is 2.00.